The van der Waals surface area contributed by atoms with Crippen molar-refractivity contribution >= 4 is 11.7 Å². The Kier molecular flexibility index (Phi) is 4.27. The fourth-order valence-corrected chi connectivity index (χ4v) is 3.19. The SMILES string of the molecule is Cc1ccc(-n2cnnn2)cc1NC(=O)N1C[C@H](C)C[C@H](C)C1. The number of carbonyl (C=O) groups is 1. The first-order valence-electron chi connectivity index (χ1n) is 7.93. The molecule has 1 fully saturated rings. The molecule has 0 radical (unpaired) electrons. The number of amides is 2. The highest BCUT2D eigenvalue weighted by molar-refractivity contribution is 5.90. The van der Waals surface area contributed by atoms with Crippen LogP contribution in [0.1, 0.15) is 25.8 Å². The molecule has 2 heterocycles. The molecule has 3 rings (SSSR count). The van der Waals surface area contributed by atoms with E-state index in [1.54, 1.807) is 4.68 Å². The first-order chi connectivity index (χ1) is 11.0. The van der Waals surface area contributed by atoms with Gasteiger partial charge in [-0.25, -0.2) is 9.48 Å². The van der Waals surface area contributed by atoms with Gasteiger partial charge in [0.15, 0.2) is 0 Å². The van der Waals surface area contributed by atoms with Crippen LogP contribution in [0.5, 0.6) is 0 Å². The highest BCUT2D eigenvalue weighted by Gasteiger charge is 2.25. The Labute approximate surface area is 135 Å². The van der Waals surface area contributed by atoms with Gasteiger partial charge >= 0.3 is 6.03 Å². The van der Waals surface area contributed by atoms with Gasteiger partial charge in [0.1, 0.15) is 6.33 Å². The minimum atomic E-state index is -0.0413. The molecule has 0 spiro atoms. The van der Waals surface area contributed by atoms with Gasteiger partial charge in [0, 0.05) is 18.8 Å². The highest BCUT2D eigenvalue weighted by atomic mass is 16.2. The molecule has 122 valence electrons. The van der Waals surface area contributed by atoms with Crippen molar-refractivity contribution in [2.75, 3.05) is 18.4 Å². The Balaban J connectivity index is 1.76. The zero-order valence-electron chi connectivity index (χ0n) is 13.7. The summed E-state index contributed by atoms with van der Waals surface area (Å²) < 4.78 is 1.57. The van der Waals surface area contributed by atoms with Crippen LogP contribution in [0.2, 0.25) is 0 Å². The summed E-state index contributed by atoms with van der Waals surface area (Å²) in [6.45, 7) is 7.98. The molecule has 0 aliphatic carbocycles. The average molecular weight is 314 g/mol. The van der Waals surface area contributed by atoms with Gasteiger partial charge in [-0.2, -0.15) is 0 Å². The van der Waals surface area contributed by atoms with E-state index < -0.39 is 0 Å². The van der Waals surface area contributed by atoms with Crippen LogP contribution in [0.4, 0.5) is 10.5 Å². The molecule has 0 saturated carbocycles. The molecule has 0 bridgehead atoms. The molecule has 0 unspecified atom stereocenters. The van der Waals surface area contributed by atoms with E-state index in [0.29, 0.717) is 11.8 Å². The number of nitrogens with one attached hydrogen (secondary N) is 1. The minimum Gasteiger partial charge on any atom is -0.324 e. The van der Waals surface area contributed by atoms with Crippen molar-refractivity contribution in [3.8, 4) is 5.69 Å². The fraction of sp³-hybridized carbons (Fsp3) is 0.500. The number of tetrazole rings is 1. The summed E-state index contributed by atoms with van der Waals surface area (Å²) in [6, 6.07) is 5.72. The maximum atomic E-state index is 12.6. The van der Waals surface area contributed by atoms with E-state index in [2.05, 4.69) is 34.7 Å². The van der Waals surface area contributed by atoms with E-state index in [9.17, 15) is 4.79 Å². The smallest absolute Gasteiger partial charge is 0.321 e. The second-order valence-electron chi connectivity index (χ2n) is 6.53. The number of likely N-dealkylation sites (tertiary alicyclic amines) is 1. The predicted molar refractivity (Wildman–Crippen MR) is 87.4 cm³/mol. The number of aromatic nitrogens is 4. The fourth-order valence-electron chi connectivity index (χ4n) is 3.19. The molecule has 23 heavy (non-hydrogen) atoms. The van der Waals surface area contributed by atoms with Gasteiger partial charge in [0.05, 0.1) is 5.69 Å². The van der Waals surface area contributed by atoms with Gasteiger partial charge in [0.25, 0.3) is 0 Å². The Hall–Kier alpha value is -2.44. The van der Waals surface area contributed by atoms with Gasteiger partial charge in [-0.05, 0) is 53.3 Å². The summed E-state index contributed by atoms with van der Waals surface area (Å²) in [7, 11) is 0. The average Bonchev–Trinajstić information content (AvgIpc) is 3.02. The summed E-state index contributed by atoms with van der Waals surface area (Å²) in [5.74, 6) is 1.08. The summed E-state index contributed by atoms with van der Waals surface area (Å²) in [5.41, 5.74) is 2.61. The molecule has 1 aliphatic heterocycles. The molecule has 7 heteroatoms. The first-order valence-corrected chi connectivity index (χ1v) is 7.93. The second kappa shape index (κ2) is 6.36. The predicted octanol–water partition coefficient (Wildman–Crippen LogP) is 2.48. The number of urea groups is 1. The van der Waals surface area contributed by atoms with E-state index >= 15 is 0 Å². The number of aryl methyl sites for hydroxylation is 1. The molecule has 2 atom stereocenters. The molecule has 1 aliphatic rings. The third-order valence-corrected chi connectivity index (χ3v) is 4.23. The standard InChI is InChI=1S/C16H22N6O/c1-11-6-12(2)9-21(8-11)16(23)18-15-7-14(5-4-13(15)3)22-10-17-19-20-22/h4-5,7,10-12H,6,8-9H2,1-3H3,(H,18,23)/t11-,12+. The van der Waals surface area contributed by atoms with Crippen molar-refractivity contribution in [2.45, 2.75) is 27.2 Å². The number of carbonyl (C=O) groups excluding carboxylic acids is 1. The van der Waals surface area contributed by atoms with Crippen LogP contribution in [0.15, 0.2) is 24.5 Å². The van der Waals surface area contributed by atoms with Crippen molar-refractivity contribution in [3.63, 3.8) is 0 Å². The Morgan fingerprint density at radius 2 is 2.00 bits per heavy atom. The van der Waals surface area contributed by atoms with E-state index in [1.165, 1.54) is 12.7 Å². The topological polar surface area (TPSA) is 75.9 Å². The third kappa shape index (κ3) is 3.49. The summed E-state index contributed by atoms with van der Waals surface area (Å²) in [6.07, 6.45) is 2.71. The second-order valence-corrected chi connectivity index (χ2v) is 6.53. The molecule has 1 N–H and O–H groups in total. The number of hydrogen-bond acceptors (Lipinski definition) is 4. The summed E-state index contributed by atoms with van der Waals surface area (Å²) in [5, 5.41) is 14.2. The molecular formula is C16H22N6O. The van der Waals surface area contributed by atoms with E-state index in [4.69, 9.17) is 0 Å². The van der Waals surface area contributed by atoms with Crippen LogP contribution < -0.4 is 5.32 Å². The molecule has 1 aromatic heterocycles. The minimum absolute atomic E-state index is 0.0413. The van der Waals surface area contributed by atoms with Crippen molar-refractivity contribution in [3.05, 3.63) is 30.1 Å². The Morgan fingerprint density at radius 3 is 2.65 bits per heavy atom. The molecule has 1 saturated heterocycles. The summed E-state index contributed by atoms with van der Waals surface area (Å²) in [4.78, 5) is 14.5. The van der Waals surface area contributed by atoms with E-state index in [1.807, 2.05) is 30.0 Å². The lowest BCUT2D eigenvalue weighted by molar-refractivity contribution is 0.156. The van der Waals surface area contributed by atoms with Crippen LogP contribution in [0.3, 0.4) is 0 Å². The van der Waals surface area contributed by atoms with Crippen LogP contribution in [-0.2, 0) is 0 Å². The number of benzene rings is 1. The van der Waals surface area contributed by atoms with E-state index in [0.717, 1.165) is 30.0 Å². The monoisotopic (exact) mass is 314 g/mol. The molecular weight excluding hydrogens is 292 g/mol. The Morgan fingerprint density at radius 1 is 1.26 bits per heavy atom. The lowest BCUT2D eigenvalue weighted by Gasteiger charge is -2.35. The lowest BCUT2D eigenvalue weighted by atomic mass is 9.92. The number of anilines is 1. The van der Waals surface area contributed by atoms with Gasteiger partial charge in [-0.15, -0.1) is 5.10 Å². The van der Waals surface area contributed by atoms with Crippen LogP contribution in [-0.4, -0.2) is 44.2 Å². The molecule has 7 nitrogen and oxygen atoms in total. The maximum absolute atomic E-state index is 12.6. The molecule has 1 aromatic carbocycles. The van der Waals surface area contributed by atoms with Gasteiger partial charge in [-0.3, -0.25) is 0 Å². The zero-order valence-corrected chi connectivity index (χ0v) is 13.7. The van der Waals surface area contributed by atoms with Gasteiger partial charge in [0.2, 0.25) is 0 Å². The number of rotatable bonds is 2. The third-order valence-electron chi connectivity index (χ3n) is 4.23. The van der Waals surface area contributed by atoms with Crippen LogP contribution in [0.25, 0.3) is 5.69 Å². The number of hydrogen-bond donors (Lipinski definition) is 1. The van der Waals surface area contributed by atoms with Crippen molar-refractivity contribution in [1.29, 1.82) is 0 Å². The quantitative estimate of drug-likeness (QED) is 0.924. The largest absolute Gasteiger partial charge is 0.324 e. The number of piperidine rings is 1. The highest BCUT2D eigenvalue weighted by Crippen LogP contribution is 2.23. The Bertz CT molecular complexity index is 674. The van der Waals surface area contributed by atoms with E-state index in [-0.39, 0.29) is 6.03 Å². The lowest BCUT2D eigenvalue weighted by Crippen LogP contribution is -2.44. The van der Waals surface area contributed by atoms with Crippen LogP contribution >= 0.6 is 0 Å². The van der Waals surface area contributed by atoms with Crippen LogP contribution in [0, 0.1) is 18.8 Å². The molecule has 2 aromatic rings. The zero-order chi connectivity index (χ0) is 16.4. The van der Waals surface area contributed by atoms with Crippen molar-refractivity contribution in [1.82, 2.24) is 25.1 Å². The maximum Gasteiger partial charge on any atom is 0.321 e. The van der Waals surface area contributed by atoms with Crippen molar-refractivity contribution < 1.29 is 4.79 Å². The summed E-state index contributed by atoms with van der Waals surface area (Å²) >= 11 is 0. The molecule has 2 amide bonds. The first kappa shape index (κ1) is 15.5. The number of nitrogens with zero attached hydrogens (tertiary/aromatic N) is 5. The van der Waals surface area contributed by atoms with Crippen molar-refractivity contribution in [2.24, 2.45) is 11.8 Å². The van der Waals surface area contributed by atoms with Gasteiger partial charge < -0.3 is 10.2 Å². The van der Waals surface area contributed by atoms with Gasteiger partial charge in [-0.1, -0.05) is 19.9 Å². The normalized spacial score (nSPS) is 21.3.